The molecule has 19 heavy (non-hydrogen) atoms. The molecular weight excluding hydrogens is 254 g/mol. The summed E-state index contributed by atoms with van der Waals surface area (Å²) in [6, 6.07) is 8.32. The lowest BCUT2D eigenvalue weighted by Gasteiger charge is -2.20. The van der Waals surface area contributed by atoms with Gasteiger partial charge in [-0.15, -0.1) is 0 Å². The Morgan fingerprint density at radius 1 is 1.11 bits per heavy atom. The molecule has 106 valence electrons. The normalized spacial score (nSPS) is 16.5. The average Bonchev–Trinajstić information content (AvgIpc) is 2.47. The Bertz CT molecular complexity index is 346. The minimum absolute atomic E-state index is 0.707. The minimum Gasteiger partial charge on any atom is -0.493 e. The van der Waals surface area contributed by atoms with Crippen LogP contribution < -0.4 is 10.5 Å². The van der Waals surface area contributed by atoms with Crippen molar-refractivity contribution in [2.24, 2.45) is 5.73 Å². The standard InChI is InChI=1S/C16H25NOS/c17-11-10-14-6-8-15(9-7-14)18-12-13-19-16-4-2-1-3-5-16/h6-9,16H,1-5,10-13,17H2. The smallest absolute Gasteiger partial charge is 0.119 e. The van der Waals surface area contributed by atoms with Crippen LogP contribution in [0.5, 0.6) is 5.75 Å². The summed E-state index contributed by atoms with van der Waals surface area (Å²) in [5.41, 5.74) is 6.82. The highest BCUT2D eigenvalue weighted by atomic mass is 32.2. The Balaban J connectivity index is 1.62. The molecule has 0 heterocycles. The van der Waals surface area contributed by atoms with E-state index in [2.05, 4.69) is 36.0 Å². The van der Waals surface area contributed by atoms with Crippen molar-refractivity contribution in [1.29, 1.82) is 0 Å². The summed E-state index contributed by atoms with van der Waals surface area (Å²) < 4.78 is 5.78. The fourth-order valence-corrected chi connectivity index (χ4v) is 3.70. The number of benzene rings is 1. The van der Waals surface area contributed by atoms with Crippen molar-refractivity contribution in [2.75, 3.05) is 18.9 Å². The minimum atomic E-state index is 0.707. The Hall–Kier alpha value is -0.670. The second-order valence-corrected chi connectivity index (χ2v) is 6.57. The first-order chi connectivity index (χ1) is 9.38. The first-order valence-electron chi connectivity index (χ1n) is 7.42. The van der Waals surface area contributed by atoms with E-state index in [4.69, 9.17) is 10.5 Å². The lowest BCUT2D eigenvalue weighted by atomic mass is 10.0. The highest BCUT2D eigenvalue weighted by Gasteiger charge is 2.13. The molecule has 1 aromatic carbocycles. The first-order valence-corrected chi connectivity index (χ1v) is 8.47. The predicted molar refractivity (Wildman–Crippen MR) is 84.0 cm³/mol. The second kappa shape index (κ2) is 8.49. The number of hydrogen-bond acceptors (Lipinski definition) is 3. The fraction of sp³-hybridized carbons (Fsp3) is 0.625. The molecule has 0 spiro atoms. The molecular formula is C16H25NOS. The number of ether oxygens (including phenoxy) is 1. The molecule has 1 aliphatic rings. The van der Waals surface area contributed by atoms with Crippen molar-refractivity contribution in [1.82, 2.24) is 0 Å². The number of nitrogens with two attached hydrogens (primary N) is 1. The fourth-order valence-electron chi connectivity index (χ4n) is 2.53. The van der Waals surface area contributed by atoms with Gasteiger partial charge in [-0.1, -0.05) is 31.4 Å². The van der Waals surface area contributed by atoms with Gasteiger partial charge in [0.15, 0.2) is 0 Å². The molecule has 2 N–H and O–H groups in total. The molecule has 0 aliphatic heterocycles. The van der Waals surface area contributed by atoms with Crippen LogP contribution in [0.4, 0.5) is 0 Å². The van der Waals surface area contributed by atoms with Crippen LogP contribution in [0, 0.1) is 0 Å². The second-order valence-electron chi connectivity index (χ2n) is 5.16. The number of hydrogen-bond donors (Lipinski definition) is 1. The van der Waals surface area contributed by atoms with Gasteiger partial charge < -0.3 is 10.5 Å². The van der Waals surface area contributed by atoms with Crippen LogP contribution in [0.1, 0.15) is 37.7 Å². The lowest BCUT2D eigenvalue weighted by Crippen LogP contribution is -2.11. The number of thioether (sulfide) groups is 1. The molecule has 2 rings (SSSR count). The van der Waals surface area contributed by atoms with Crippen LogP contribution in [0.2, 0.25) is 0 Å². The van der Waals surface area contributed by atoms with Crippen molar-refractivity contribution < 1.29 is 4.74 Å². The van der Waals surface area contributed by atoms with Crippen LogP contribution in [0.25, 0.3) is 0 Å². The predicted octanol–water partition coefficient (Wildman–Crippen LogP) is 3.63. The van der Waals surface area contributed by atoms with Gasteiger partial charge in [0.05, 0.1) is 6.61 Å². The summed E-state index contributed by atoms with van der Waals surface area (Å²) in [6.07, 6.45) is 8.01. The summed E-state index contributed by atoms with van der Waals surface area (Å²) in [7, 11) is 0. The van der Waals surface area contributed by atoms with Crippen LogP contribution in [0.3, 0.4) is 0 Å². The molecule has 2 nitrogen and oxygen atoms in total. The van der Waals surface area contributed by atoms with E-state index in [1.54, 1.807) is 0 Å². The lowest BCUT2D eigenvalue weighted by molar-refractivity contribution is 0.343. The van der Waals surface area contributed by atoms with E-state index in [-0.39, 0.29) is 0 Å². The van der Waals surface area contributed by atoms with E-state index in [9.17, 15) is 0 Å². The molecule has 1 saturated carbocycles. The van der Waals surface area contributed by atoms with Gasteiger partial charge in [0, 0.05) is 11.0 Å². The van der Waals surface area contributed by atoms with Crippen LogP contribution in [-0.4, -0.2) is 24.2 Å². The zero-order chi connectivity index (χ0) is 13.3. The van der Waals surface area contributed by atoms with Crippen molar-refractivity contribution in [3.8, 4) is 5.75 Å². The molecule has 1 fully saturated rings. The number of rotatable bonds is 7. The highest BCUT2D eigenvalue weighted by Crippen LogP contribution is 2.28. The van der Waals surface area contributed by atoms with E-state index in [1.807, 2.05) is 0 Å². The van der Waals surface area contributed by atoms with E-state index in [0.29, 0.717) is 6.54 Å². The van der Waals surface area contributed by atoms with E-state index < -0.39 is 0 Å². The van der Waals surface area contributed by atoms with E-state index in [0.717, 1.165) is 29.8 Å². The summed E-state index contributed by atoms with van der Waals surface area (Å²) in [4.78, 5) is 0. The summed E-state index contributed by atoms with van der Waals surface area (Å²) in [5, 5.41) is 0.879. The van der Waals surface area contributed by atoms with Gasteiger partial charge in [-0.25, -0.2) is 0 Å². The molecule has 1 aromatic rings. The third-order valence-electron chi connectivity index (χ3n) is 3.61. The molecule has 0 saturated heterocycles. The SMILES string of the molecule is NCCc1ccc(OCCSC2CCCCC2)cc1. The Kier molecular flexibility index (Phi) is 6.58. The maximum absolute atomic E-state index is 5.78. The van der Waals surface area contributed by atoms with Gasteiger partial charge in [-0.05, 0) is 43.5 Å². The highest BCUT2D eigenvalue weighted by molar-refractivity contribution is 7.99. The molecule has 1 aliphatic carbocycles. The molecule has 3 heteroatoms. The van der Waals surface area contributed by atoms with Gasteiger partial charge >= 0.3 is 0 Å². The van der Waals surface area contributed by atoms with Gasteiger partial charge in [0.25, 0.3) is 0 Å². The summed E-state index contributed by atoms with van der Waals surface area (Å²) in [6.45, 7) is 1.52. The Morgan fingerprint density at radius 3 is 2.53 bits per heavy atom. The largest absolute Gasteiger partial charge is 0.493 e. The van der Waals surface area contributed by atoms with Crippen LogP contribution in [0.15, 0.2) is 24.3 Å². The van der Waals surface area contributed by atoms with Crippen molar-refractivity contribution >= 4 is 11.8 Å². The van der Waals surface area contributed by atoms with Crippen LogP contribution in [-0.2, 0) is 6.42 Å². The molecule has 0 unspecified atom stereocenters. The van der Waals surface area contributed by atoms with Crippen molar-refractivity contribution in [3.63, 3.8) is 0 Å². The first kappa shape index (κ1) is 14.7. The maximum Gasteiger partial charge on any atom is 0.119 e. The van der Waals surface area contributed by atoms with Crippen molar-refractivity contribution in [2.45, 2.75) is 43.8 Å². The van der Waals surface area contributed by atoms with Gasteiger partial charge in [-0.3, -0.25) is 0 Å². The summed E-state index contributed by atoms with van der Waals surface area (Å²) >= 11 is 2.09. The quantitative estimate of drug-likeness (QED) is 0.774. The van der Waals surface area contributed by atoms with E-state index >= 15 is 0 Å². The monoisotopic (exact) mass is 279 g/mol. The molecule has 0 atom stereocenters. The zero-order valence-electron chi connectivity index (χ0n) is 11.6. The van der Waals surface area contributed by atoms with Crippen LogP contribution >= 0.6 is 11.8 Å². The Labute approximate surface area is 121 Å². The van der Waals surface area contributed by atoms with Gasteiger partial charge in [-0.2, -0.15) is 11.8 Å². The molecule has 0 aromatic heterocycles. The maximum atomic E-state index is 5.78. The topological polar surface area (TPSA) is 35.2 Å². The Morgan fingerprint density at radius 2 is 1.84 bits per heavy atom. The zero-order valence-corrected chi connectivity index (χ0v) is 12.5. The van der Waals surface area contributed by atoms with Gasteiger partial charge in [0.1, 0.15) is 5.75 Å². The summed E-state index contributed by atoms with van der Waals surface area (Å²) in [5.74, 6) is 2.08. The molecule has 0 amide bonds. The third kappa shape index (κ3) is 5.45. The third-order valence-corrected chi connectivity index (χ3v) is 4.96. The van der Waals surface area contributed by atoms with Gasteiger partial charge in [0.2, 0.25) is 0 Å². The molecule has 0 bridgehead atoms. The average molecular weight is 279 g/mol. The molecule has 0 radical (unpaired) electrons. The van der Waals surface area contributed by atoms with E-state index in [1.165, 1.54) is 37.7 Å². The van der Waals surface area contributed by atoms with Crippen molar-refractivity contribution in [3.05, 3.63) is 29.8 Å².